The quantitative estimate of drug-likeness (QED) is 0.252. The molecular weight excluding hydrogens is 557 g/mol. The molecule has 0 aliphatic carbocycles. The largest absolute Gasteiger partial charge is 0.469 e. The van der Waals surface area contributed by atoms with Gasteiger partial charge in [-0.05, 0) is 63.1 Å². The predicted octanol–water partition coefficient (Wildman–Crippen LogP) is 6.03. The highest BCUT2D eigenvalue weighted by atomic mass is 35.5. The molecule has 0 unspecified atom stereocenters. The fourth-order valence-corrected chi connectivity index (χ4v) is 7.44. The standard InChI is InChI=1S/C32H33ClFN5O3/c1-41-30(40)21-10-16-38(17-11-21)29-23-18-35-27(22-8-2-6-20-7-3-9-24(33)25(20)22)26(34)28(23)36-31(37-29)42-19-32-12-4-14-39(32)15-5-13-32/h2-3,6-9,18,21H,4-5,10-17,19H2,1H3. The van der Waals surface area contributed by atoms with E-state index in [-0.39, 0.29) is 34.6 Å². The van der Waals surface area contributed by atoms with E-state index in [1.807, 2.05) is 30.3 Å². The van der Waals surface area contributed by atoms with Gasteiger partial charge in [0.1, 0.15) is 23.6 Å². The van der Waals surface area contributed by atoms with Crippen molar-refractivity contribution < 1.29 is 18.7 Å². The molecule has 0 saturated carbocycles. The van der Waals surface area contributed by atoms with Crippen molar-refractivity contribution in [3.8, 4) is 17.3 Å². The first-order valence-corrected chi connectivity index (χ1v) is 15.1. The van der Waals surface area contributed by atoms with Gasteiger partial charge in [0, 0.05) is 35.3 Å². The first-order valence-electron chi connectivity index (χ1n) is 14.7. The fourth-order valence-electron chi connectivity index (χ4n) is 7.16. The van der Waals surface area contributed by atoms with Gasteiger partial charge in [-0.1, -0.05) is 41.9 Å². The van der Waals surface area contributed by atoms with E-state index in [1.54, 1.807) is 12.3 Å². The number of halogens is 2. The number of anilines is 1. The van der Waals surface area contributed by atoms with Crippen molar-refractivity contribution in [1.29, 1.82) is 0 Å². The number of carbonyl (C=O) groups excluding carboxylic acids is 1. The minimum Gasteiger partial charge on any atom is -0.469 e. The second kappa shape index (κ2) is 10.9. The van der Waals surface area contributed by atoms with E-state index >= 15 is 4.39 Å². The number of benzene rings is 2. The molecule has 3 saturated heterocycles. The zero-order valence-electron chi connectivity index (χ0n) is 23.6. The lowest BCUT2D eigenvalue weighted by molar-refractivity contribution is -0.146. The Balaban J connectivity index is 1.31. The highest BCUT2D eigenvalue weighted by Gasteiger charge is 2.45. The fraction of sp³-hybridized carbons (Fsp3) is 0.438. The molecule has 3 aliphatic heterocycles. The molecule has 0 atom stereocenters. The number of rotatable bonds is 6. The van der Waals surface area contributed by atoms with E-state index in [1.165, 1.54) is 7.11 Å². The summed E-state index contributed by atoms with van der Waals surface area (Å²) in [5, 5.41) is 2.68. The number of ether oxygens (including phenoxy) is 2. The van der Waals surface area contributed by atoms with Gasteiger partial charge in [-0.25, -0.2) is 4.39 Å². The number of fused-ring (bicyclic) bond motifs is 3. The topological polar surface area (TPSA) is 80.7 Å². The molecule has 2 aromatic heterocycles. The number of nitrogens with zero attached hydrogens (tertiary/aromatic N) is 5. The summed E-state index contributed by atoms with van der Waals surface area (Å²) in [6.07, 6.45) is 7.35. The number of esters is 1. The molecule has 8 nitrogen and oxygen atoms in total. The Morgan fingerprint density at radius 3 is 2.55 bits per heavy atom. The molecule has 4 aromatic rings. The Morgan fingerprint density at radius 2 is 1.81 bits per heavy atom. The molecule has 0 N–H and O–H groups in total. The van der Waals surface area contributed by atoms with E-state index in [9.17, 15) is 4.79 Å². The second-order valence-electron chi connectivity index (χ2n) is 11.6. The van der Waals surface area contributed by atoms with E-state index in [2.05, 4.69) is 19.8 Å². The Kier molecular flexibility index (Phi) is 7.10. The van der Waals surface area contributed by atoms with Crippen LogP contribution < -0.4 is 9.64 Å². The highest BCUT2D eigenvalue weighted by Crippen LogP contribution is 2.40. The lowest BCUT2D eigenvalue weighted by atomic mass is 9.95. The summed E-state index contributed by atoms with van der Waals surface area (Å²) in [7, 11) is 1.42. The van der Waals surface area contributed by atoms with Crippen LogP contribution in [-0.4, -0.2) is 71.3 Å². The van der Waals surface area contributed by atoms with Crippen LogP contribution in [0.4, 0.5) is 10.2 Å². The van der Waals surface area contributed by atoms with Crippen LogP contribution in [0.1, 0.15) is 38.5 Å². The molecule has 42 heavy (non-hydrogen) atoms. The summed E-state index contributed by atoms with van der Waals surface area (Å²) in [6.45, 7) is 3.79. The molecule has 218 valence electrons. The van der Waals surface area contributed by atoms with Crippen LogP contribution in [0.2, 0.25) is 5.02 Å². The minimum atomic E-state index is -0.542. The van der Waals surface area contributed by atoms with Gasteiger partial charge in [-0.3, -0.25) is 14.7 Å². The second-order valence-corrected chi connectivity index (χ2v) is 12.1. The number of piperidine rings is 1. The number of carbonyl (C=O) groups is 1. The number of aromatic nitrogens is 3. The highest BCUT2D eigenvalue weighted by molar-refractivity contribution is 6.36. The lowest BCUT2D eigenvalue weighted by Crippen LogP contribution is -2.43. The molecule has 2 aromatic carbocycles. The molecule has 3 aliphatic rings. The van der Waals surface area contributed by atoms with Crippen LogP contribution in [0.3, 0.4) is 0 Å². The van der Waals surface area contributed by atoms with Crippen LogP contribution in [0.25, 0.3) is 32.9 Å². The van der Waals surface area contributed by atoms with Gasteiger partial charge in [-0.15, -0.1) is 0 Å². The number of methoxy groups -OCH3 is 1. The molecule has 3 fully saturated rings. The molecule has 0 spiro atoms. The van der Waals surface area contributed by atoms with E-state index in [0.717, 1.165) is 49.5 Å². The lowest BCUT2D eigenvalue weighted by Gasteiger charge is -2.33. The van der Waals surface area contributed by atoms with Crippen molar-refractivity contribution in [3.05, 3.63) is 53.4 Å². The Labute approximate surface area is 248 Å². The van der Waals surface area contributed by atoms with Crippen LogP contribution >= 0.6 is 11.6 Å². The van der Waals surface area contributed by atoms with Crippen LogP contribution in [-0.2, 0) is 9.53 Å². The average molecular weight is 590 g/mol. The van der Waals surface area contributed by atoms with Crippen molar-refractivity contribution in [2.75, 3.05) is 44.8 Å². The smallest absolute Gasteiger partial charge is 0.319 e. The zero-order chi connectivity index (χ0) is 28.8. The first-order chi connectivity index (χ1) is 20.5. The van der Waals surface area contributed by atoms with E-state index < -0.39 is 5.82 Å². The maximum atomic E-state index is 16.6. The SMILES string of the molecule is COC(=O)C1CCN(c2nc(OCC34CCCN3CCC4)nc3c(F)c(-c4cccc5cccc(Cl)c45)ncc23)CC1. The molecule has 7 rings (SSSR count). The minimum absolute atomic E-state index is 0.00100. The zero-order valence-corrected chi connectivity index (χ0v) is 24.4. The van der Waals surface area contributed by atoms with Gasteiger partial charge in [0.2, 0.25) is 0 Å². The Morgan fingerprint density at radius 1 is 1.07 bits per heavy atom. The monoisotopic (exact) mass is 589 g/mol. The summed E-state index contributed by atoms with van der Waals surface area (Å²) < 4.78 is 27.9. The Hall–Kier alpha value is -3.56. The number of hydrogen-bond acceptors (Lipinski definition) is 8. The van der Waals surface area contributed by atoms with Gasteiger partial charge in [-0.2, -0.15) is 9.97 Å². The van der Waals surface area contributed by atoms with Crippen molar-refractivity contribution in [2.24, 2.45) is 5.92 Å². The van der Waals surface area contributed by atoms with E-state index in [4.69, 9.17) is 26.1 Å². The van der Waals surface area contributed by atoms with Crippen LogP contribution in [0, 0.1) is 11.7 Å². The normalized spacial score (nSPS) is 19.0. The maximum absolute atomic E-state index is 16.6. The summed E-state index contributed by atoms with van der Waals surface area (Å²) in [4.78, 5) is 30.8. The summed E-state index contributed by atoms with van der Waals surface area (Å²) in [5.41, 5.74) is 0.938. The molecule has 10 heteroatoms. The molecule has 0 radical (unpaired) electrons. The summed E-state index contributed by atoms with van der Waals surface area (Å²) >= 11 is 6.59. The third-order valence-electron chi connectivity index (χ3n) is 9.36. The number of hydrogen-bond donors (Lipinski definition) is 0. The Bertz CT molecular complexity index is 1660. The number of pyridine rings is 1. The average Bonchev–Trinajstić information content (AvgIpc) is 3.60. The third-order valence-corrected chi connectivity index (χ3v) is 9.68. The molecule has 0 amide bonds. The van der Waals surface area contributed by atoms with Crippen molar-refractivity contribution >= 4 is 45.1 Å². The third kappa shape index (κ3) is 4.63. The maximum Gasteiger partial charge on any atom is 0.319 e. The molecule has 5 heterocycles. The van der Waals surface area contributed by atoms with Crippen molar-refractivity contribution in [1.82, 2.24) is 19.9 Å². The molecular formula is C32H33ClFN5O3. The van der Waals surface area contributed by atoms with Gasteiger partial charge < -0.3 is 14.4 Å². The van der Waals surface area contributed by atoms with Crippen LogP contribution in [0.15, 0.2) is 42.6 Å². The molecule has 0 bridgehead atoms. The van der Waals surface area contributed by atoms with Gasteiger partial charge >= 0.3 is 12.0 Å². The summed E-state index contributed by atoms with van der Waals surface area (Å²) in [5.74, 6) is -0.337. The first kappa shape index (κ1) is 27.3. The summed E-state index contributed by atoms with van der Waals surface area (Å²) in [6, 6.07) is 11.4. The predicted molar refractivity (Wildman–Crippen MR) is 160 cm³/mol. The van der Waals surface area contributed by atoms with Gasteiger partial charge in [0.25, 0.3) is 0 Å². The van der Waals surface area contributed by atoms with Gasteiger partial charge in [0.05, 0.1) is 24.0 Å². The van der Waals surface area contributed by atoms with Crippen LogP contribution in [0.5, 0.6) is 6.01 Å². The van der Waals surface area contributed by atoms with Crippen molar-refractivity contribution in [2.45, 2.75) is 44.1 Å². The van der Waals surface area contributed by atoms with E-state index in [0.29, 0.717) is 54.3 Å². The van der Waals surface area contributed by atoms with Gasteiger partial charge in [0.15, 0.2) is 5.82 Å². The van der Waals surface area contributed by atoms with Crippen molar-refractivity contribution in [3.63, 3.8) is 0 Å².